The maximum Gasteiger partial charge on any atom is 0.265 e. The zero-order chi connectivity index (χ0) is 21.6. The van der Waals surface area contributed by atoms with Gasteiger partial charge in [-0.25, -0.2) is 8.42 Å². The molecule has 0 bridgehead atoms. The first-order chi connectivity index (χ1) is 13.7. The van der Waals surface area contributed by atoms with Crippen LogP contribution in [-0.2, 0) is 14.8 Å². The quantitative estimate of drug-likeness (QED) is 0.675. The summed E-state index contributed by atoms with van der Waals surface area (Å²) in [6.45, 7) is 5.98. The molecule has 7 nitrogen and oxygen atoms in total. The van der Waals surface area contributed by atoms with Gasteiger partial charge in [-0.15, -0.1) is 0 Å². The normalized spacial score (nSPS) is 12.5. The third kappa shape index (κ3) is 5.48. The lowest BCUT2D eigenvalue weighted by Crippen LogP contribution is -2.32. The molecule has 2 aromatic rings. The fourth-order valence-electron chi connectivity index (χ4n) is 2.87. The van der Waals surface area contributed by atoms with Gasteiger partial charge in [0.25, 0.3) is 5.91 Å². The zero-order valence-corrected chi connectivity index (χ0v) is 18.4. The van der Waals surface area contributed by atoms with E-state index in [1.54, 1.807) is 45.0 Å². The lowest BCUT2D eigenvalue weighted by molar-refractivity contribution is -0.122. The first kappa shape index (κ1) is 22.7. The van der Waals surface area contributed by atoms with Crippen molar-refractivity contribution in [2.75, 3.05) is 37.4 Å². The van der Waals surface area contributed by atoms with Crippen molar-refractivity contribution in [2.45, 2.75) is 31.8 Å². The van der Waals surface area contributed by atoms with Gasteiger partial charge in [-0.1, -0.05) is 32.0 Å². The number of nitrogens with one attached hydrogen (secondary N) is 1. The van der Waals surface area contributed by atoms with Crippen LogP contribution in [0.1, 0.15) is 20.8 Å². The van der Waals surface area contributed by atoms with Crippen molar-refractivity contribution in [3.8, 4) is 5.75 Å². The van der Waals surface area contributed by atoms with Gasteiger partial charge in [0.05, 0.1) is 16.3 Å². The SMILES string of the molecule is CCN(CC)S(=O)(=O)c1ccc(N(C)C)c(NC(=O)[C@@H](C)Oc2ccccc2)c1. The average Bonchev–Trinajstić information content (AvgIpc) is 2.69. The second-order valence-corrected chi connectivity index (χ2v) is 8.66. The summed E-state index contributed by atoms with van der Waals surface area (Å²) >= 11 is 0. The number of para-hydroxylation sites is 1. The highest BCUT2D eigenvalue weighted by Crippen LogP contribution is 2.29. The number of sulfonamides is 1. The van der Waals surface area contributed by atoms with Crippen molar-refractivity contribution in [1.82, 2.24) is 4.31 Å². The van der Waals surface area contributed by atoms with Crippen LogP contribution in [0.2, 0.25) is 0 Å². The molecule has 0 fully saturated rings. The Bertz CT molecular complexity index is 926. The van der Waals surface area contributed by atoms with Gasteiger partial charge in [-0.3, -0.25) is 4.79 Å². The Hall–Kier alpha value is -2.58. The highest BCUT2D eigenvalue weighted by molar-refractivity contribution is 7.89. The summed E-state index contributed by atoms with van der Waals surface area (Å²) in [5.74, 6) is 0.218. The molecule has 0 heterocycles. The first-order valence-corrected chi connectivity index (χ1v) is 11.0. The number of benzene rings is 2. The molecule has 1 N–H and O–H groups in total. The van der Waals surface area contributed by atoms with Crippen molar-refractivity contribution in [3.63, 3.8) is 0 Å². The van der Waals surface area contributed by atoms with Crippen LogP contribution in [0.15, 0.2) is 53.4 Å². The molecule has 0 saturated heterocycles. The lowest BCUT2D eigenvalue weighted by Gasteiger charge is -2.23. The summed E-state index contributed by atoms with van der Waals surface area (Å²) in [5, 5.41) is 2.81. The predicted octanol–water partition coefficient (Wildman–Crippen LogP) is 3.19. The van der Waals surface area contributed by atoms with Crippen LogP contribution in [0.3, 0.4) is 0 Å². The summed E-state index contributed by atoms with van der Waals surface area (Å²) in [6.07, 6.45) is -0.754. The highest BCUT2D eigenvalue weighted by atomic mass is 32.2. The molecule has 0 saturated carbocycles. The molecule has 0 aliphatic rings. The van der Waals surface area contributed by atoms with E-state index in [-0.39, 0.29) is 10.8 Å². The molecular weight excluding hydrogens is 390 g/mol. The van der Waals surface area contributed by atoms with E-state index in [0.717, 1.165) is 0 Å². The number of carbonyl (C=O) groups excluding carboxylic acids is 1. The lowest BCUT2D eigenvalue weighted by atomic mass is 10.2. The Kier molecular flexibility index (Phi) is 7.64. The number of rotatable bonds is 9. The Morgan fingerprint density at radius 2 is 1.69 bits per heavy atom. The molecule has 0 unspecified atom stereocenters. The van der Waals surface area contributed by atoms with Crippen molar-refractivity contribution >= 4 is 27.3 Å². The minimum absolute atomic E-state index is 0.138. The van der Waals surface area contributed by atoms with Crippen molar-refractivity contribution < 1.29 is 17.9 Å². The van der Waals surface area contributed by atoms with Gasteiger partial charge in [0, 0.05) is 27.2 Å². The standard InChI is InChI=1S/C21H29N3O4S/c1-6-24(7-2)29(26,27)18-13-14-20(23(4)5)19(15-18)22-21(25)16(3)28-17-11-9-8-10-12-17/h8-16H,6-7H2,1-5H3,(H,22,25)/t16-/m1/s1. The van der Waals surface area contributed by atoms with E-state index >= 15 is 0 Å². The van der Waals surface area contributed by atoms with Crippen LogP contribution in [0.5, 0.6) is 5.75 Å². The largest absolute Gasteiger partial charge is 0.481 e. The van der Waals surface area contributed by atoms with Crippen LogP contribution < -0.4 is 15.0 Å². The van der Waals surface area contributed by atoms with Gasteiger partial charge < -0.3 is 15.0 Å². The van der Waals surface area contributed by atoms with Crippen LogP contribution in [0, 0.1) is 0 Å². The Balaban J connectivity index is 2.31. The van der Waals surface area contributed by atoms with Gasteiger partial charge in [0.1, 0.15) is 5.75 Å². The summed E-state index contributed by atoms with van der Waals surface area (Å²) in [5.41, 5.74) is 1.11. The minimum Gasteiger partial charge on any atom is -0.481 e. The van der Waals surface area contributed by atoms with Crippen LogP contribution in [0.25, 0.3) is 0 Å². The van der Waals surface area contributed by atoms with E-state index in [9.17, 15) is 13.2 Å². The number of nitrogens with zero attached hydrogens (tertiary/aromatic N) is 2. The second-order valence-electron chi connectivity index (χ2n) is 6.73. The summed E-state index contributed by atoms with van der Waals surface area (Å²) in [4.78, 5) is 14.6. The molecule has 0 aliphatic carbocycles. The Morgan fingerprint density at radius 3 is 2.24 bits per heavy atom. The average molecular weight is 420 g/mol. The number of anilines is 2. The second kappa shape index (κ2) is 9.76. The Morgan fingerprint density at radius 1 is 1.07 bits per heavy atom. The maximum atomic E-state index is 12.9. The van der Waals surface area contributed by atoms with Gasteiger partial charge in [0.2, 0.25) is 10.0 Å². The molecule has 0 radical (unpaired) electrons. The van der Waals surface area contributed by atoms with E-state index in [4.69, 9.17) is 4.74 Å². The van der Waals surface area contributed by atoms with Gasteiger partial charge in [-0.2, -0.15) is 4.31 Å². The first-order valence-electron chi connectivity index (χ1n) is 9.54. The van der Waals surface area contributed by atoms with E-state index < -0.39 is 16.1 Å². The highest BCUT2D eigenvalue weighted by Gasteiger charge is 2.24. The molecule has 0 aliphatic heterocycles. The summed E-state index contributed by atoms with van der Waals surface area (Å²) in [7, 11) is 0.0152. The van der Waals surface area contributed by atoms with Crippen LogP contribution in [0.4, 0.5) is 11.4 Å². The van der Waals surface area contributed by atoms with Crippen LogP contribution in [-0.4, -0.2) is 51.9 Å². The molecular formula is C21H29N3O4S. The number of carbonyl (C=O) groups is 1. The third-order valence-electron chi connectivity index (χ3n) is 4.48. The van der Waals surface area contributed by atoms with Crippen molar-refractivity contribution in [3.05, 3.63) is 48.5 Å². The van der Waals surface area contributed by atoms with Crippen molar-refractivity contribution in [1.29, 1.82) is 0 Å². The van der Waals surface area contributed by atoms with Gasteiger partial charge in [-0.05, 0) is 37.3 Å². The monoisotopic (exact) mass is 419 g/mol. The molecule has 0 spiro atoms. The number of ether oxygens (including phenoxy) is 1. The maximum absolute atomic E-state index is 12.9. The summed E-state index contributed by atoms with van der Waals surface area (Å²) < 4.78 is 32.8. The van der Waals surface area contributed by atoms with E-state index in [2.05, 4.69) is 5.32 Å². The molecule has 158 valence electrons. The molecule has 0 aromatic heterocycles. The van der Waals surface area contributed by atoms with Gasteiger partial charge in [0.15, 0.2) is 6.10 Å². The molecule has 1 atom stereocenters. The van der Waals surface area contributed by atoms with Crippen molar-refractivity contribution in [2.24, 2.45) is 0 Å². The third-order valence-corrected chi connectivity index (χ3v) is 6.52. The Labute approximate surface area is 173 Å². The fraction of sp³-hybridized carbons (Fsp3) is 0.381. The van der Waals surface area contributed by atoms with Crippen LogP contribution >= 0.6 is 0 Å². The smallest absolute Gasteiger partial charge is 0.265 e. The topological polar surface area (TPSA) is 79.0 Å². The summed E-state index contributed by atoms with van der Waals surface area (Å²) in [6, 6.07) is 13.8. The molecule has 29 heavy (non-hydrogen) atoms. The fourth-order valence-corrected chi connectivity index (χ4v) is 4.35. The minimum atomic E-state index is -3.64. The number of hydrogen-bond donors (Lipinski definition) is 1. The van der Waals surface area contributed by atoms with E-state index in [0.29, 0.717) is 30.2 Å². The number of hydrogen-bond acceptors (Lipinski definition) is 5. The molecule has 2 aromatic carbocycles. The number of amides is 1. The molecule has 2 rings (SSSR count). The molecule has 1 amide bonds. The van der Waals surface area contributed by atoms with Gasteiger partial charge >= 0.3 is 0 Å². The zero-order valence-electron chi connectivity index (χ0n) is 17.5. The molecule has 8 heteroatoms. The van der Waals surface area contributed by atoms with E-state index in [1.807, 2.05) is 37.2 Å². The predicted molar refractivity (Wildman–Crippen MR) is 116 cm³/mol. The van der Waals surface area contributed by atoms with E-state index in [1.165, 1.54) is 10.4 Å².